The van der Waals surface area contributed by atoms with Crippen molar-refractivity contribution in [2.75, 3.05) is 7.11 Å². The fourth-order valence-electron chi connectivity index (χ4n) is 2.30. The first-order valence-corrected chi connectivity index (χ1v) is 6.11. The van der Waals surface area contributed by atoms with Gasteiger partial charge in [-0.2, -0.15) is 0 Å². The zero-order valence-corrected chi connectivity index (χ0v) is 10.4. The molecule has 4 atom stereocenters. The summed E-state index contributed by atoms with van der Waals surface area (Å²) in [4.78, 5) is 11.4. The monoisotopic (exact) mass is 229 g/mol. The molecule has 1 fully saturated rings. The van der Waals surface area contributed by atoms with Gasteiger partial charge in [-0.15, -0.1) is 0 Å². The average Bonchev–Trinajstić information content (AvgIpc) is 2.35. The maximum atomic E-state index is 11.4. The van der Waals surface area contributed by atoms with E-state index in [1.807, 2.05) is 0 Å². The van der Waals surface area contributed by atoms with Crippen LogP contribution in [0.15, 0.2) is 0 Å². The maximum Gasteiger partial charge on any atom is 0.322 e. The van der Waals surface area contributed by atoms with Crippen molar-refractivity contribution in [1.29, 1.82) is 0 Å². The lowest BCUT2D eigenvalue weighted by Crippen LogP contribution is -2.45. The van der Waals surface area contributed by atoms with E-state index in [1.54, 1.807) is 0 Å². The van der Waals surface area contributed by atoms with E-state index < -0.39 is 6.04 Å². The van der Waals surface area contributed by atoms with Gasteiger partial charge in [0, 0.05) is 0 Å². The van der Waals surface area contributed by atoms with E-state index in [9.17, 15) is 4.79 Å². The molecular weight excluding hydrogens is 206 g/mol. The van der Waals surface area contributed by atoms with Gasteiger partial charge in [0.2, 0.25) is 0 Å². The van der Waals surface area contributed by atoms with E-state index in [1.165, 1.54) is 7.11 Å². The standard InChI is InChI=1S/C12H23NO3/c1-4-9-6-8(7-10(5-2)16-9)11(13)12(14)15-3/h8-11H,4-7,13H2,1-3H3/t8?,9-,10+,11-/m1/s1. The Bertz CT molecular complexity index is 220. The van der Waals surface area contributed by atoms with Crippen molar-refractivity contribution in [3.05, 3.63) is 0 Å². The summed E-state index contributed by atoms with van der Waals surface area (Å²) in [5.41, 5.74) is 5.91. The van der Waals surface area contributed by atoms with Crippen LogP contribution in [0.25, 0.3) is 0 Å². The number of carbonyl (C=O) groups excluding carboxylic acids is 1. The van der Waals surface area contributed by atoms with Crippen LogP contribution in [0, 0.1) is 5.92 Å². The summed E-state index contributed by atoms with van der Waals surface area (Å²) in [5.74, 6) is -0.118. The zero-order valence-electron chi connectivity index (χ0n) is 10.4. The second-order valence-electron chi connectivity index (χ2n) is 4.48. The second-order valence-corrected chi connectivity index (χ2v) is 4.48. The molecule has 0 saturated carbocycles. The van der Waals surface area contributed by atoms with E-state index in [2.05, 4.69) is 13.8 Å². The van der Waals surface area contributed by atoms with Crippen molar-refractivity contribution in [3.8, 4) is 0 Å². The van der Waals surface area contributed by atoms with Gasteiger partial charge in [0.05, 0.1) is 19.3 Å². The van der Waals surface area contributed by atoms with E-state index in [-0.39, 0.29) is 24.1 Å². The summed E-state index contributed by atoms with van der Waals surface area (Å²) in [7, 11) is 1.39. The molecule has 0 aliphatic carbocycles. The molecule has 0 bridgehead atoms. The van der Waals surface area contributed by atoms with Crippen LogP contribution in [0.1, 0.15) is 39.5 Å². The molecule has 94 valence electrons. The Balaban J connectivity index is 2.61. The molecule has 1 saturated heterocycles. The lowest BCUT2D eigenvalue weighted by atomic mass is 9.84. The van der Waals surface area contributed by atoms with Gasteiger partial charge in [-0.1, -0.05) is 13.8 Å². The van der Waals surface area contributed by atoms with Crippen molar-refractivity contribution in [1.82, 2.24) is 0 Å². The Morgan fingerprint density at radius 3 is 2.25 bits per heavy atom. The molecule has 1 rings (SSSR count). The Hall–Kier alpha value is -0.610. The van der Waals surface area contributed by atoms with Crippen LogP contribution in [-0.4, -0.2) is 31.3 Å². The van der Waals surface area contributed by atoms with Gasteiger partial charge >= 0.3 is 5.97 Å². The second kappa shape index (κ2) is 6.21. The van der Waals surface area contributed by atoms with Crippen molar-refractivity contribution in [2.45, 2.75) is 57.8 Å². The van der Waals surface area contributed by atoms with Gasteiger partial charge in [-0.05, 0) is 31.6 Å². The predicted molar refractivity (Wildman–Crippen MR) is 62.0 cm³/mol. The third kappa shape index (κ3) is 3.19. The summed E-state index contributed by atoms with van der Waals surface area (Å²) < 4.78 is 10.6. The molecule has 1 unspecified atom stereocenters. The highest BCUT2D eigenvalue weighted by Gasteiger charge is 2.34. The molecule has 2 N–H and O–H groups in total. The number of methoxy groups -OCH3 is 1. The molecule has 0 aromatic heterocycles. The van der Waals surface area contributed by atoms with Crippen LogP contribution in [0.5, 0.6) is 0 Å². The zero-order chi connectivity index (χ0) is 12.1. The van der Waals surface area contributed by atoms with Crippen molar-refractivity contribution in [2.24, 2.45) is 11.7 Å². The molecule has 4 nitrogen and oxygen atoms in total. The van der Waals surface area contributed by atoms with Gasteiger partial charge in [0.25, 0.3) is 0 Å². The van der Waals surface area contributed by atoms with Crippen molar-refractivity contribution >= 4 is 5.97 Å². The minimum absolute atomic E-state index is 0.191. The fourth-order valence-corrected chi connectivity index (χ4v) is 2.30. The van der Waals surface area contributed by atoms with Crippen LogP contribution in [0.4, 0.5) is 0 Å². The number of hydrogen-bond donors (Lipinski definition) is 1. The van der Waals surface area contributed by atoms with Crippen molar-refractivity contribution < 1.29 is 14.3 Å². The smallest absolute Gasteiger partial charge is 0.322 e. The predicted octanol–water partition coefficient (Wildman–Crippen LogP) is 1.47. The highest BCUT2D eigenvalue weighted by Crippen LogP contribution is 2.30. The average molecular weight is 229 g/mol. The Morgan fingerprint density at radius 2 is 1.88 bits per heavy atom. The Kier molecular flexibility index (Phi) is 5.22. The van der Waals surface area contributed by atoms with Gasteiger partial charge < -0.3 is 15.2 Å². The van der Waals surface area contributed by atoms with E-state index in [4.69, 9.17) is 15.2 Å². The number of nitrogens with two attached hydrogens (primary N) is 1. The van der Waals surface area contributed by atoms with Crippen molar-refractivity contribution in [3.63, 3.8) is 0 Å². The number of carbonyl (C=O) groups is 1. The number of esters is 1. The van der Waals surface area contributed by atoms with E-state index in [0.29, 0.717) is 0 Å². The maximum absolute atomic E-state index is 11.4. The van der Waals surface area contributed by atoms with Crippen LogP contribution in [-0.2, 0) is 14.3 Å². The minimum atomic E-state index is -0.503. The molecule has 0 aromatic carbocycles. The first kappa shape index (κ1) is 13.5. The number of hydrogen-bond acceptors (Lipinski definition) is 4. The summed E-state index contributed by atoms with van der Waals surface area (Å²) in [6, 6.07) is -0.503. The molecule has 0 radical (unpaired) electrons. The summed E-state index contributed by atoms with van der Waals surface area (Å²) in [6.45, 7) is 4.20. The lowest BCUT2D eigenvalue weighted by molar-refractivity contribution is -0.146. The quantitative estimate of drug-likeness (QED) is 0.742. The highest BCUT2D eigenvalue weighted by atomic mass is 16.5. The van der Waals surface area contributed by atoms with Crippen LogP contribution in [0.2, 0.25) is 0 Å². The van der Waals surface area contributed by atoms with Gasteiger partial charge in [-0.3, -0.25) is 4.79 Å². The normalized spacial score (nSPS) is 32.1. The SMILES string of the molecule is CC[C@@H]1CC([C@@H](N)C(=O)OC)C[C@H](CC)O1. The van der Waals surface area contributed by atoms with E-state index >= 15 is 0 Å². The van der Waals surface area contributed by atoms with Gasteiger partial charge in [-0.25, -0.2) is 0 Å². The molecular formula is C12H23NO3. The van der Waals surface area contributed by atoms with Gasteiger partial charge in [0.1, 0.15) is 6.04 Å². The largest absolute Gasteiger partial charge is 0.468 e. The highest BCUT2D eigenvalue weighted by molar-refractivity contribution is 5.75. The molecule has 0 amide bonds. The van der Waals surface area contributed by atoms with Crippen LogP contribution in [0.3, 0.4) is 0 Å². The first-order chi connectivity index (χ1) is 7.62. The van der Waals surface area contributed by atoms with E-state index in [0.717, 1.165) is 25.7 Å². The first-order valence-electron chi connectivity index (χ1n) is 6.11. The van der Waals surface area contributed by atoms with Crippen LogP contribution >= 0.6 is 0 Å². The third-order valence-electron chi connectivity index (χ3n) is 3.41. The molecule has 16 heavy (non-hydrogen) atoms. The number of ether oxygens (including phenoxy) is 2. The molecule has 4 heteroatoms. The fraction of sp³-hybridized carbons (Fsp3) is 0.917. The topological polar surface area (TPSA) is 61.6 Å². The summed E-state index contributed by atoms with van der Waals surface area (Å²) >= 11 is 0. The molecule has 0 aromatic rings. The van der Waals surface area contributed by atoms with Gasteiger partial charge in [0.15, 0.2) is 0 Å². The molecule has 1 aliphatic rings. The number of rotatable bonds is 4. The molecule has 1 heterocycles. The lowest BCUT2D eigenvalue weighted by Gasteiger charge is -2.36. The minimum Gasteiger partial charge on any atom is -0.468 e. The molecule has 1 aliphatic heterocycles. The summed E-state index contributed by atoms with van der Waals surface area (Å²) in [5, 5.41) is 0. The summed E-state index contributed by atoms with van der Waals surface area (Å²) in [6.07, 6.45) is 4.15. The Labute approximate surface area is 97.5 Å². The molecule has 0 spiro atoms. The van der Waals surface area contributed by atoms with Crippen LogP contribution < -0.4 is 5.73 Å². The third-order valence-corrected chi connectivity index (χ3v) is 3.41. The Morgan fingerprint density at radius 1 is 1.38 bits per heavy atom.